The first-order chi connectivity index (χ1) is 22.7. The van der Waals surface area contributed by atoms with Crippen molar-refractivity contribution in [3.8, 4) is 0 Å². The van der Waals surface area contributed by atoms with Gasteiger partial charge in [0, 0.05) is 13.0 Å². The second-order valence-corrected chi connectivity index (χ2v) is 13.8. The molecule has 0 saturated carbocycles. The number of unbranched alkanes of at least 4 members (excludes halogenated alkanes) is 17. The van der Waals surface area contributed by atoms with Crippen molar-refractivity contribution >= 4 is 19.8 Å². The number of aliphatic carboxylic acids is 1. The molecule has 0 amide bonds. The van der Waals surface area contributed by atoms with Crippen LogP contribution < -0.4 is 5.73 Å². The first-order valence-electron chi connectivity index (χ1n) is 18.4. The Morgan fingerprint density at radius 1 is 0.681 bits per heavy atom. The molecule has 0 rings (SSSR count). The predicted octanol–water partition coefficient (Wildman–Crippen LogP) is 9.19. The van der Waals surface area contributed by atoms with Gasteiger partial charge in [0.15, 0.2) is 0 Å². The molecule has 276 valence electrons. The molecular weight excluding hydrogens is 621 g/mol. The minimum atomic E-state index is -4.61. The predicted molar refractivity (Wildman–Crippen MR) is 189 cm³/mol. The number of carbonyl (C=O) groups excluding carboxylic acids is 1. The number of phosphoric acid groups is 1. The minimum absolute atomic E-state index is 0.0141. The van der Waals surface area contributed by atoms with E-state index in [0.29, 0.717) is 13.0 Å². The molecule has 4 N–H and O–H groups in total. The van der Waals surface area contributed by atoms with E-state index in [1.165, 1.54) is 64.2 Å². The second kappa shape index (κ2) is 33.0. The molecule has 0 fully saturated rings. The standard InChI is InChI=1S/C36H68NO9P/c1-3-5-7-9-11-13-15-16-17-18-20-22-24-26-28-35(38)46-33(31-44-47(41,42)45-32-34(37)36(39)40)30-43-29-27-25-23-21-19-14-12-10-8-6-4-2/h9,11,15-16,33-34H,3-8,10,12-14,17-32,37H2,1-2H3,(H,39,40)(H,41,42)/b11-9-,16-15-. The molecule has 3 atom stereocenters. The lowest BCUT2D eigenvalue weighted by Gasteiger charge is -2.20. The quantitative estimate of drug-likeness (QED) is 0.0254. The molecule has 0 aromatic rings. The molecule has 0 aliphatic heterocycles. The van der Waals surface area contributed by atoms with Crippen molar-refractivity contribution in [1.29, 1.82) is 0 Å². The van der Waals surface area contributed by atoms with Gasteiger partial charge in [0.2, 0.25) is 0 Å². The van der Waals surface area contributed by atoms with Gasteiger partial charge in [0.1, 0.15) is 12.1 Å². The molecule has 11 heteroatoms. The smallest absolute Gasteiger partial charge is 0.472 e. The molecule has 10 nitrogen and oxygen atoms in total. The van der Waals surface area contributed by atoms with Gasteiger partial charge in [0.25, 0.3) is 0 Å². The van der Waals surface area contributed by atoms with Gasteiger partial charge in [-0.25, -0.2) is 4.57 Å². The Kier molecular flexibility index (Phi) is 31.9. The number of phosphoric ester groups is 1. The fourth-order valence-electron chi connectivity index (χ4n) is 4.80. The fourth-order valence-corrected chi connectivity index (χ4v) is 5.57. The summed E-state index contributed by atoms with van der Waals surface area (Å²) in [4.78, 5) is 33.3. The molecule has 0 aromatic carbocycles. The van der Waals surface area contributed by atoms with Crippen LogP contribution in [0.2, 0.25) is 0 Å². The van der Waals surface area contributed by atoms with Crippen molar-refractivity contribution in [3.63, 3.8) is 0 Å². The lowest BCUT2D eigenvalue weighted by Crippen LogP contribution is -2.34. The van der Waals surface area contributed by atoms with Gasteiger partial charge in [0.05, 0.1) is 19.8 Å². The molecule has 0 spiro atoms. The third-order valence-corrected chi connectivity index (χ3v) is 8.68. The second-order valence-electron chi connectivity index (χ2n) is 12.4. The van der Waals surface area contributed by atoms with Crippen molar-refractivity contribution in [2.24, 2.45) is 5.73 Å². The van der Waals surface area contributed by atoms with Crippen LogP contribution in [0, 0.1) is 0 Å². The molecule has 47 heavy (non-hydrogen) atoms. The first kappa shape index (κ1) is 45.5. The largest absolute Gasteiger partial charge is 0.480 e. The zero-order valence-corrected chi connectivity index (χ0v) is 30.5. The molecule has 3 unspecified atom stereocenters. The van der Waals surface area contributed by atoms with Crippen LogP contribution in [0.4, 0.5) is 0 Å². The van der Waals surface area contributed by atoms with Gasteiger partial charge in [-0.15, -0.1) is 0 Å². The monoisotopic (exact) mass is 689 g/mol. The SMILES string of the molecule is CCCC/C=C\C/C=C\CCCCCCCC(=O)OC(COCCCCCCCCCCCCC)COP(=O)(O)OCC(N)C(=O)O. The van der Waals surface area contributed by atoms with Crippen molar-refractivity contribution in [2.75, 3.05) is 26.4 Å². The number of carboxylic acid groups (broad SMARTS) is 1. The van der Waals surface area contributed by atoms with Crippen LogP contribution in [-0.4, -0.2) is 60.5 Å². The van der Waals surface area contributed by atoms with Crippen molar-refractivity contribution in [3.05, 3.63) is 24.3 Å². The summed E-state index contributed by atoms with van der Waals surface area (Å²) in [6.07, 6.45) is 32.3. The highest BCUT2D eigenvalue weighted by molar-refractivity contribution is 7.47. The van der Waals surface area contributed by atoms with Crippen molar-refractivity contribution in [1.82, 2.24) is 0 Å². The van der Waals surface area contributed by atoms with Crippen molar-refractivity contribution in [2.45, 2.75) is 167 Å². The van der Waals surface area contributed by atoms with Gasteiger partial charge in [-0.3, -0.25) is 18.6 Å². The maximum Gasteiger partial charge on any atom is 0.472 e. The fraction of sp³-hybridized carbons (Fsp3) is 0.833. The number of carboxylic acids is 1. The van der Waals surface area contributed by atoms with Gasteiger partial charge < -0.3 is 25.2 Å². The Balaban J connectivity index is 4.35. The van der Waals surface area contributed by atoms with E-state index in [-0.39, 0.29) is 13.0 Å². The molecule has 0 bridgehead atoms. The van der Waals surface area contributed by atoms with Crippen LogP contribution in [0.5, 0.6) is 0 Å². The van der Waals surface area contributed by atoms with E-state index in [1.54, 1.807) is 0 Å². The number of esters is 1. The molecule has 0 aliphatic rings. The zero-order valence-electron chi connectivity index (χ0n) is 29.6. The van der Waals surface area contributed by atoms with Crippen molar-refractivity contribution < 1.29 is 42.7 Å². The number of nitrogens with two attached hydrogens (primary N) is 1. The Bertz CT molecular complexity index is 852. The Morgan fingerprint density at radius 2 is 1.19 bits per heavy atom. The van der Waals surface area contributed by atoms with E-state index in [1.807, 2.05) is 0 Å². The van der Waals surface area contributed by atoms with Gasteiger partial charge in [-0.05, 0) is 38.5 Å². The third kappa shape index (κ3) is 32.8. The minimum Gasteiger partial charge on any atom is -0.480 e. The van der Waals surface area contributed by atoms with Gasteiger partial charge >= 0.3 is 19.8 Å². The summed E-state index contributed by atoms with van der Waals surface area (Å²) < 4.78 is 33.1. The van der Waals surface area contributed by atoms with E-state index in [9.17, 15) is 19.0 Å². The summed E-state index contributed by atoms with van der Waals surface area (Å²) in [6, 6.07) is -1.47. The molecule has 0 aromatic heterocycles. The Hall–Kier alpha value is -1.55. The number of hydrogen-bond donors (Lipinski definition) is 3. The summed E-state index contributed by atoms with van der Waals surface area (Å²) >= 11 is 0. The third-order valence-electron chi connectivity index (χ3n) is 7.73. The highest BCUT2D eigenvalue weighted by Gasteiger charge is 2.27. The van der Waals surface area contributed by atoms with E-state index in [0.717, 1.165) is 64.2 Å². The Labute approximate surface area is 285 Å². The average molecular weight is 690 g/mol. The van der Waals surface area contributed by atoms with Crippen LogP contribution in [-0.2, 0) is 32.7 Å². The van der Waals surface area contributed by atoms with E-state index >= 15 is 0 Å². The summed E-state index contributed by atoms with van der Waals surface area (Å²) in [6.45, 7) is 3.80. The maximum atomic E-state index is 12.5. The number of carbonyl (C=O) groups is 2. The number of hydrogen-bond acceptors (Lipinski definition) is 8. The lowest BCUT2D eigenvalue weighted by atomic mass is 10.1. The average Bonchev–Trinajstić information content (AvgIpc) is 3.04. The summed E-state index contributed by atoms with van der Waals surface area (Å²) in [5, 5.41) is 8.85. The van der Waals surface area contributed by atoms with E-state index < -0.39 is 45.1 Å². The lowest BCUT2D eigenvalue weighted by molar-refractivity contribution is -0.154. The maximum absolute atomic E-state index is 12.5. The van der Waals surface area contributed by atoms with Crippen LogP contribution >= 0.6 is 7.82 Å². The summed E-state index contributed by atoms with van der Waals surface area (Å²) in [5.41, 5.74) is 5.33. The highest BCUT2D eigenvalue weighted by Crippen LogP contribution is 2.43. The van der Waals surface area contributed by atoms with Gasteiger partial charge in [-0.2, -0.15) is 0 Å². The summed E-state index contributed by atoms with van der Waals surface area (Å²) in [5.74, 6) is -1.79. The van der Waals surface area contributed by atoms with Crippen LogP contribution in [0.15, 0.2) is 24.3 Å². The first-order valence-corrected chi connectivity index (χ1v) is 19.9. The van der Waals surface area contributed by atoms with Crippen LogP contribution in [0.3, 0.4) is 0 Å². The number of ether oxygens (including phenoxy) is 2. The molecule has 0 saturated heterocycles. The zero-order chi connectivity index (χ0) is 34.9. The topological polar surface area (TPSA) is 155 Å². The van der Waals surface area contributed by atoms with Crippen LogP contribution in [0.1, 0.15) is 155 Å². The molecule has 0 aliphatic carbocycles. The van der Waals surface area contributed by atoms with E-state index in [2.05, 4.69) is 42.7 Å². The Morgan fingerprint density at radius 3 is 1.79 bits per heavy atom. The van der Waals surface area contributed by atoms with Crippen LogP contribution in [0.25, 0.3) is 0 Å². The van der Waals surface area contributed by atoms with Gasteiger partial charge in [-0.1, -0.05) is 134 Å². The molecule has 0 heterocycles. The summed E-state index contributed by atoms with van der Waals surface area (Å²) in [7, 11) is -4.61. The molecular formula is C36H68NO9P. The number of allylic oxidation sites excluding steroid dienone is 4. The molecule has 0 radical (unpaired) electrons. The van der Waals surface area contributed by atoms with E-state index in [4.69, 9.17) is 24.8 Å². The number of rotatable bonds is 35. The normalized spacial score (nSPS) is 14.5. The highest BCUT2D eigenvalue weighted by atomic mass is 31.2.